The van der Waals surface area contributed by atoms with Gasteiger partial charge in [0.15, 0.2) is 0 Å². The molecule has 0 bridgehead atoms. The summed E-state index contributed by atoms with van der Waals surface area (Å²) >= 11 is 0. The third-order valence-corrected chi connectivity index (χ3v) is 4.56. The third-order valence-electron chi connectivity index (χ3n) is 4.56. The molecule has 22 heavy (non-hydrogen) atoms. The van der Waals surface area contributed by atoms with Gasteiger partial charge in [0.05, 0.1) is 18.1 Å². The number of amides is 1. The minimum Gasteiger partial charge on any atom is -0.465 e. The fourth-order valence-corrected chi connectivity index (χ4v) is 2.47. The van der Waals surface area contributed by atoms with Crippen molar-refractivity contribution in [2.75, 3.05) is 19.0 Å². The van der Waals surface area contributed by atoms with Gasteiger partial charge in [-0.15, -0.1) is 0 Å². The van der Waals surface area contributed by atoms with Gasteiger partial charge >= 0.3 is 5.97 Å². The van der Waals surface area contributed by atoms with Gasteiger partial charge in [-0.2, -0.15) is 0 Å². The topological polar surface area (TPSA) is 81.4 Å². The van der Waals surface area contributed by atoms with Gasteiger partial charge < -0.3 is 15.8 Å². The second-order valence-electron chi connectivity index (χ2n) is 5.60. The lowest BCUT2D eigenvalue weighted by Crippen LogP contribution is -2.41. The molecule has 3 N–H and O–H groups in total. The highest BCUT2D eigenvalue weighted by atomic mass is 16.5. The molecule has 1 rings (SSSR count). The van der Waals surface area contributed by atoms with Gasteiger partial charge in [0.2, 0.25) is 5.91 Å². The molecule has 0 saturated carbocycles. The summed E-state index contributed by atoms with van der Waals surface area (Å²) in [5.41, 5.74) is 8.05. The number of anilines is 1. The minimum absolute atomic E-state index is 0.112. The third kappa shape index (κ3) is 3.47. The van der Waals surface area contributed by atoms with Gasteiger partial charge in [0, 0.05) is 12.2 Å². The lowest BCUT2D eigenvalue weighted by molar-refractivity contribution is -0.125. The molecule has 1 amide bonds. The van der Waals surface area contributed by atoms with Crippen LogP contribution < -0.4 is 11.1 Å². The summed E-state index contributed by atoms with van der Waals surface area (Å²) in [7, 11) is 1.34. The molecule has 0 saturated heterocycles. The molecule has 0 radical (unpaired) electrons. The summed E-state index contributed by atoms with van der Waals surface area (Å²) in [5.74, 6) is -0.521. The number of rotatable bonds is 6. The molecule has 122 valence electrons. The molecule has 0 fully saturated rings. The number of methoxy groups -OCH3 is 1. The molecule has 1 aromatic carbocycles. The van der Waals surface area contributed by atoms with E-state index in [1.807, 2.05) is 33.8 Å². The zero-order valence-corrected chi connectivity index (χ0v) is 14.1. The van der Waals surface area contributed by atoms with Crippen molar-refractivity contribution in [1.82, 2.24) is 0 Å². The number of nitrogens with one attached hydrogen (secondary N) is 1. The Balaban J connectivity index is 3.16. The van der Waals surface area contributed by atoms with Gasteiger partial charge in [-0.1, -0.05) is 13.8 Å². The van der Waals surface area contributed by atoms with Crippen LogP contribution in [0.4, 0.5) is 5.69 Å². The van der Waals surface area contributed by atoms with Crippen molar-refractivity contribution in [1.29, 1.82) is 0 Å². The number of hydrogen-bond acceptors (Lipinski definition) is 4. The standard InChI is InChI=1S/C17H26N2O3/c1-6-17(7-2,10-18)16(21)19-13-8-11(3)12(4)14(9-13)15(20)22-5/h8-9H,6-7,10,18H2,1-5H3,(H,19,21). The molecule has 0 aromatic heterocycles. The van der Waals surface area contributed by atoms with Crippen molar-refractivity contribution < 1.29 is 14.3 Å². The van der Waals surface area contributed by atoms with Crippen molar-refractivity contribution in [2.24, 2.45) is 11.1 Å². The van der Waals surface area contributed by atoms with E-state index in [1.54, 1.807) is 6.07 Å². The number of ether oxygens (including phenoxy) is 1. The van der Waals surface area contributed by atoms with E-state index in [-0.39, 0.29) is 5.91 Å². The van der Waals surface area contributed by atoms with E-state index in [1.165, 1.54) is 7.11 Å². The van der Waals surface area contributed by atoms with E-state index >= 15 is 0 Å². The fraction of sp³-hybridized carbons (Fsp3) is 0.529. The van der Waals surface area contributed by atoms with E-state index in [9.17, 15) is 9.59 Å². The molecule has 1 aromatic rings. The normalized spacial score (nSPS) is 11.2. The van der Waals surface area contributed by atoms with Crippen LogP contribution in [-0.4, -0.2) is 25.5 Å². The van der Waals surface area contributed by atoms with Crippen LogP contribution in [0.2, 0.25) is 0 Å². The van der Waals surface area contributed by atoms with Gasteiger partial charge in [-0.3, -0.25) is 4.79 Å². The second-order valence-corrected chi connectivity index (χ2v) is 5.60. The number of esters is 1. The van der Waals surface area contributed by atoms with Gasteiger partial charge in [0.1, 0.15) is 0 Å². The Kier molecular flexibility index (Phi) is 6.11. The first kappa shape index (κ1) is 18.2. The maximum atomic E-state index is 12.6. The van der Waals surface area contributed by atoms with E-state index in [0.717, 1.165) is 11.1 Å². The largest absolute Gasteiger partial charge is 0.465 e. The lowest BCUT2D eigenvalue weighted by atomic mass is 9.81. The molecule has 0 aliphatic carbocycles. The maximum absolute atomic E-state index is 12.6. The van der Waals surface area contributed by atoms with Crippen molar-refractivity contribution in [2.45, 2.75) is 40.5 Å². The predicted octanol–water partition coefficient (Wildman–Crippen LogP) is 2.79. The Morgan fingerprint density at radius 1 is 1.23 bits per heavy atom. The molecule has 0 heterocycles. The molecule has 5 nitrogen and oxygen atoms in total. The first-order chi connectivity index (χ1) is 10.3. The van der Waals surface area contributed by atoms with Crippen LogP contribution in [0.15, 0.2) is 12.1 Å². The fourth-order valence-electron chi connectivity index (χ4n) is 2.47. The van der Waals surface area contributed by atoms with Crippen LogP contribution in [0, 0.1) is 19.3 Å². The van der Waals surface area contributed by atoms with E-state index < -0.39 is 11.4 Å². The predicted molar refractivity (Wildman–Crippen MR) is 88.0 cm³/mol. The van der Waals surface area contributed by atoms with E-state index in [0.29, 0.717) is 30.6 Å². The maximum Gasteiger partial charge on any atom is 0.338 e. The van der Waals surface area contributed by atoms with Crippen molar-refractivity contribution >= 4 is 17.6 Å². The number of hydrogen-bond donors (Lipinski definition) is 2. The summed E-state index contributed by atoms with van der Waals surface area (Å²) < 4.78 is 4.79. The summed E-state index contributed by atoms with van der Waals surface area (Å²) in [6.45, 7) is 7.95. The van der Waals surface area contributed by atoms with E-state index in [2.05, 4.69) is 5.32 Å². The Hall–Kier alpha value is -1.88. The van der Waals surface area contributed by atoms with Crippen LogP contribution in [0.3, 0.4) is 0 Å². The van der Waals surface area contributed by atoms with Crippen LogP contribution in [0.25, 0.3) is 0 Å². The second kappa shape index (κ2) is 7.40. The zero-order chi connectivity index (χ0) is 16.9. The Morgan fingerprint density at radius 2 is 1.82 bits per heavy atom. The van der Waals surface area contributed by atoms with E-state index in [4.69, 9.17) is 10.5 Å². The van der Waals surface area contributed by atoms with Crippen molar-refractivity contribution in [3.63, 3.8) is 0 Å². The quantitative estimate of drug-likeness (QED) is 0.792. The molecule has 0 aliphatic heterocycles. The number of carbonyl (C=O) groups excluding carboxylic acids is 2. The average molecular weight is 306 g/mol. The van der Waals surface area contributed by atoms with Crippen LogP contribution in [0.1, 0.15) is 48.2 Å². The first-order valence-corrected chi connectivity index (χ1v) is 7.56. The monoisotopic (exact) mass is 306 g/mol. The smallest absolute Gasteiger partial charge is 0.338 e. The van der Waals surface area contributed by atoms with Gasteiger partial charge in [-0.25, -0.2) is 4.79 Å². The Morgan fingerprint density at radius 3 is 2.27 bits per heavy atom. The van der Waals surface area contributed by atoms with Crippen molar-refractivity contribution in [3.05, 3.63) is 28.8 Å². The molecular formula is C17H26N2O3. The van der Waals surface area contributed by atoms with Crippen LogP contribution in [-0.2, 0) is 9.53 Å². The number of benzene rings is 1. The molecule has 5 heteroatoms. The van der Waals surface area contributed by atoms with Crippen molar-refractivity contribution in [3.8, 4) is 0 Å². The number of nitrogens with two attached hydrogens (primary N) is 1. The average Bonchev–Trinajstić information content (AvgIpc) is 2.52. The Bertz CT molecular complexity index is 555. The zero-order valence-electron chi connectivity index (χ0n) is 14.1. The Labute approximate surface area is 132 Å². The summed E-state index contributed by atoms with van der Waals surface area (Å²) in [6, 6.07) is 3.50. The molecule has 0 atom stereocenters. The number of carbonyl (C=O) groups is 2. The molecule has 0 spiro atoms. The number of aryl methyl sites for hydroxylation is 1. The minimum atomic E-state index is -0.579. The molecular weight excluding hydrogens is 280 g/mol. The lowest BCUT2D eigenvalue weighted by Gasteiger charge is -2.28. The summed E-state index contributed by atoms with van der Waals surface area (Å²) in [6.07, 6.45) is 1.33. The highest BCUT2D eigenvalue weighted by Crippen LogP contribution is 2.28. The highest BCUT2D eigenvalue weighted by Gasteiger charge is 2.33. The van der Waals surface area contributed by atoms with Gasteiger partial charge in [0.25, 0.3) is 0 Å². The van der Waals surface area contributed by atoms with Gasteiger partial charge in [-0.05, 0) is 49.9 Å². The van der Waals surface area contributed by atoms with Crippen LogP contribution in [0.5, 0.6) is 0 Å². The first-order valence-electron chi connectivity index (χ1n) is 7.56. The summed E-state index contributed by atoms with van der Waals surface area (Å²) in [5, 5.41) is 2.90. The molecule has 0 unspecified atom stereocenters. The highest BCUT2D eigenvalue weighted by molar-refractivity contribution is 5.98. The SMILES string of the molecule is CCC(CC)(CN)C(=O)Nc1cc(C)c(C)c(C(=O)OC)c1. The summed E-state index contributed by atoms with van der Waals surface area (Å²) in [4.78, 5) is 24.4. The van der Waals surface area contributed by atoms with Crippen LogP contribution >= 0.6 is 0 Å². The molecule has 0 aliphatic rings.